The number of carbonyl (C=O) groups excluding carboxylic acids is 1. The van der Waals surface area contributed by atoms with E-state index in [-0.39, 0.29) is 5.91 Å². The summed E-state index contributed by atoms with van der Waals surface area (Å²) in [4.78, 5) is 16.8. The van der Waals surface area contributed by atoms with Gasteiger partial charge in [0.05, 0.1) is 16.0 Å². The predicted molar refractivity (Wildman–Crippen MR) is 102 cm³/mol. The lowest BCUT2D eigenvalue weighted by atomic mass is 10.2. The fourth-order valence-corrected chi connectivity index (χ4v) is 3.12. The highest BCUT2D eigenvalue weighted by Gasteiger charge is 2.18. The lowest BCUT2D eigenvalue weighted by molar-refractivity contribution is -0.115. The maximum absolute atomic E-state index is 12.4. The van der Waals surface area contributed by atoms with Crippen LogP contribution in [0.25, 0.3) is 11.4 Å². The minimum atomic E-state index is -0.408. The number of aromatic amines is 1. The zero-order valence-electron chi connectivity index (χ0n) is 13.2. The Kier molecular flexibility index (Phi) is 5.63. The molecule has 8 heteroatoms. The Balaban J connectivity index is 1.66. The molecule has 0 bridgehead atoms. The van der Waals surface area contributed by atoms with Gasteiger partial charge in [0.1, 0.15) is 0 Å². The normalized spacial score (nSPS) is 12.0. The predicted octanol–water partition coefficient (Wildman–Crippen LogP) is 4.90. The number of carbonyl (C=O) groups is 1. The molecule has 0 aliphatic carbocycles. The number of amides is 1. The third-order valence-corrected chi connectivity index (χ3v) is 4.88. The van der Waals surface area contributed by atoms with Crippen LogP contribution in [-0.2, 0) is 4.79 Å². The fraction of sp³-hybridized carbons (Fsp3) is 0.118. The molecule has 25 heavy (non-hydrogen) atoms. The van der Waals surface area contributed by atoms with Crippen molar-refractivity contribution in [2.24, 2.45) is 0 Å². The molecule has 0 saturated heterocycles. The summed E-state index contributed by atoms with van der Waals surface area (Å²) in [6, 6.07) is 14.6. The van der Waals surface area contributed by atoms with Gasteiger partial charge in [-0.3, -0.25) is 9.89 Å². The Hall–Kier alpha value is -2.02. The molecule has 1 atom stereocenters. The molecular weight excluding hydrogens is 379 g/mol. The number of hydrogen-bond donors (Lipinski definition) is 2. The number of nitrogens with one attached hydrogen (secondary N) is 2. The van der Waals surface area contributed by atoms with Crippen LogP contribution in [0.4, 0.5) is 5.69 Å². The standard InChI is InChI=1S/C17H14Cl2N4OS/c1-10(16(24)20-14-9-12(18)7-8-13(14)19)25-17-21-15(22-23-17)11-5-3-2-4-6-11/h2-10H,1H3,(H,20,24)(H,21,22,23)/t10-/m1/s1. The molecule has 1 amide bonds. The third-order valence-electron chi connectivity index (χ3n) is 3.35. The Morgan fingerprint density at radius 3 is 2.72 bits per heavy atom. The molecule has 3 aromatic rings. The Bertz CT molecular complexity index is 885. The van der Waals surface area contributed by atoms with Crippen molar-refractivity contribution in [3.8, 4) is 11.4 Å². The quantitative estimate of drug-likeness (QED) is 0.605. The van der Waals surface area contributed by atoms with Crippen LogP contribution in [0.1, 0.15) is 6.92 Å². The first-order valence-electron chi connectivity index (χ1n) is 7.43. The zero-order valence-corrected chi connectivity index (χ0v) is 15.5. The molecule has 0 radical (unpaired) electrons. The molecule has 0 saturated carbocycles. The molecule has 128 valence electrons. The van der Waals surface area contributed by atoms with Crippen molar-refractivity contribution in [2.45, 2.75) is 17.3 Å². The van der Waals surface area contributed by atoms with Crippen LogP contribution in [0.15, 0.2) is 53.7 Å². The number of hydrogen-bond acceptors (Lipinski definition) is 4. The van der Waals surface area contributed by atoms with E-state index in [1.165, 1.54) is 11.8 Å². The highest BCUT2D eigenvalue weighted by molar-refractivity contribution is 8.00. The molecule has 0 spiro atoms. The van der Waals surface area contributed by atoms with Crippen LogP contribution in [0.5, 0.6) is 0 Å². The lowest BCUT2D eigenvalue weighted by Gasteiger charge is -2.11. The molecule has 5 nitrogen and oxygen atoms in total. The van der Waals surface area contributed by atoms with Crippen LogP contribution >= 0.6 is 35.0 Å². The van der Waals surface area contributed by atoms with E-state index in [2.05, 4.69) is 20.5 Å². The van der Waals surface area contributed by atoms with Crippen LogP contribution in [0, 0.1) is 0 Å². The van der Waals surface area contributed by atoms with Crippen molar-refractivity contribution in [2.75, 3.05) is 5.32 Å². The highest BCUT2D eigenvalue weighted by Crippen LogP contribution is 2.27. The van der Waals surface area contributed by atoms with E-state index >= 15 is 0 Å². The molecule has 3 rings (SSSR count). The maximum Gasteiger partial charge on any atom is 0.237 e. The van der Waals surface area contributed by atoms with Gasteiger partial charge in [-0.05, 0) is 25.1 Å². The summed E-state index contributed by atoms with van der Waals surface area (Å²) in [5.41, 5.74) is 1.41. The second-order valence-electron chi connectivity index (χ2n) is 5.21. The summed E-state index contributed by atoms with van der Waals surface area (Å²) in [6.07, 6.45) is 0. The van der Waals surface area contributed by atoms with Crippen molar-refractivity contribution < 1.29 is 4.79 Å². The molecule has 1 heterocycles. The van der Waals surface area contributed by atoms with Crippen molar-refractivity contribution >= 4 is 46.6 Å². The van der Waals surface area contributed by atoms with Gasteiger partial charge in [-0.2, -0.15) is 0 Å². The van der Waals surface area contributed by atoms with E-state index in [9.17, 15) is 4.79 Å². The van der Waals surface area contributed by atoms with Gasteiger partial charge in [-0.1, -0.05) is 65.3 Å². The van der Waals surface area contributed by atoms with E-state index in [0.717, 1.165) is 5.56 Å². The van der Waals surface area contributed by atoms with Crippen LogP contribution in [0.2, 0.25) is 10.0 Å². The number of nitrogens with zero attached hydrogens (tertiary/aromatic N) is 2. The number of thioether (sulfide) groups is 1. The molecular formula is C17H14Cl2N4OS. The van der Waals surface area contributed by atoms with Crippen LogP contribution < -0.4 is 5.32 Å². The van der Waals surface area contributed by atoms with Crippen molar-refractivity contribution in [3.05, 3.63) is 58.6 Å². The molecule has 1 aromatic heterocycles. The van der Waals surface area contributed by atoms with Gasteiger partial charge in [0.15, 0.2) is 5.82 Å². The van der Waals surface area contributed by atoms with Gasteiger partial charge in [-0.15, -0.1) is 5.10 Å². The van der Waals surface area contributed by atoms with Crippen molar-refractivity contribution in [1.82, 2.24) is 15.2 Å². The number of rotatable bonds is 5. The summed E-state index contributed by atoms with van der Waals surface area (Å²) >= 11 is 13.3. The molecule has 0 aliphatic rings. The van der Waals surface area contributed by atoms with Gasteiger partial charge >= 0.3 is 0 Å². The van der Waals surface area contributed by atoms with Crippen molar-refractivity contribution in [1.29, 1.82) is 0 Å². The number of H-pyrrole nitrogens is 1. The summed E-state index contributed by atoms with van der Waals surface area (Å²) < 4.78 is 0. The number of benzene rings is 2. The van der Waals surface area contributed by atoms with E-state index < -0.39 is 5.25 Å². The van der Waals surface area contributed by atoms with E-state index in [1.807, 2.05) is 30.3 Å². The molecule has 0 aliphatic heterocycles. The van der Waals surface area contributed by atoms with Crippen LogP contribution in [-0.4, -0.2) is 26.3 Å². The first kappa shape index (κ1) is 17.8. The second-order valence-corrected chi connectivity index (χ2v) is 7.36. The SMILES string of the molecule is C[C@@H](Sc1n[nH]c(-c2ccccc2)n1)C(=O)Nc1cc(Cl)ccc1Cl. The number of anilines is 1. The van der Waals surface area contributed by atoms with Crippen molar-refractivity contribution in [3.63, 3.8) is 0 Å². The minimum absolute atomic E-state index is 0.208. The smallest absolute Gasteiger partial charge is 0.237 e. The molecule has 2 N–H and O–H groups in total. The van der Waals surface area contributed by atoms with E-state index in [1.54, 1.807) is 25.1 Å². The minimum Gasteiger partial charge on any atom is -0.324 e. The maximum atomic E-state index is 12.4. The van der Waals surface area contributed by atoms with Gasteiger partial charge in [0.25, 0.3) is 0 Å². The molecule has 0 unspecified atom stereocenters. The van der Waals surface area contributed by atoms with Gasteiger partial charge in [0, 0.05) is 10.6 Å². The number of aromatic nitrogens is 3. The second kappa shape index (κ2) is 7.91. The topological polar surface area (TPSA) is 70.7 Å². The highest BCUT2D eigenvalue weighted by atomic mass is 35.5. The largest absolute Gasteiger partial charge is 0.324 e. The summed E-state index contributed by atoms with van der Waals surface area (Å²) in [5, 5.41) is 10.8. The third kappa shape index (κ3) is 4.54. The summed E-state index contributed by atoms with van der Waals surface area (Å²) in [6.45, 7) is 1.77. The first-order chi connectivity index (χ1) is 12.0. The Morgan fingerprint density at radius 1 is 1.20 bits per heavy atom. The van der Waals surface area contributed by atoms with Gasteiger partial charge in [0.2, 0.25) is 11.1 Å². The van der Waals surface area contributed by atoms with Gasteiger partial charge < -0.3 is 5.32 Å². The van der Waals surface area contributed by atoms with E-state index in [0.29, 0.717) is 26.7 Å². The Morgan fingerprint density at radius 2 is 1.96 bits per heavy atom. The fourth-order valence-electron chi connectivity index (χ4n) is 2.06. The molecule has 2 aromatic carbocycles. The van der Waals surface area contributed by atoms with E-state index in [4.69, 9.17) is 23.2 Å². The summed E-state index contributed by atoms with van der Waals surface area (Å²) in [7, 11) is 0. The monoisotopic (exact) mass is 392 g/mol. The summed E-state index contributed by atoms with van der Waals surface area (Å²) in [5.74, 6) is 0.453. The Labute approximate surface area is 159 Å². The lowest BCUT2D eigenvalue weighted by Crippen LogP contribution is -2.22. The van der Waals surface area contributed by atoms with Gasteiger partial charge in [-0.25, -0.2) is 4.98 Å². The number of halogens is 2. The molecule has 0 fully saturated rings. The first-order valence-corrected chi connectivity index (χ1v) is 9.07. The average Bonchev–Trinajstić information content (AvgIpc) is 3.07. The zero-order chi connectivity index (χ0) is 17.8. The average molecular weight is 393 g/mol. The van der Waals surface area contributed by atoms with Crippen LogP contribution in [0.3, 0.4) is 0 Å².